The fourth-order valence-corrected chi connectivity index (χ4v) is 4.19. The third kappa shape index (κ3) is 5.30. The van der Waals surface area contributed by atoms with Crippen molar-refractivity contribution in [2.75, 3.05) is 19.8 Å². The molecule has 0 bridgehead atoms. The molecule has 0 amide bonds. The van der Waals surface area contributed by atoms with E-state index in [1.54, 1.807) is 23.6 Å². The van der Waals surface area contributed by atoms with Crippen LogP contribution < -0.4 is 0 Å². The maximum atomic E-state index is 14.1. The molecule has 3 aromatic rings. The molecular formula is C22H21F5N2O3S. The van der Waals surface area contributed by atoms with Gasteiger partial charge in [0.1, 0.15) is 0 Å². The summed E-state index contributed by atoms with van der Waals surface area (Å²) < 4.78 is 80.7. The van der Waals surface area contributed by atoms with E-state index in [4.69, 9.17) is 9.47 Å². The van der Waals surface area contributed by atoms with Crippen LogP contribution in [0.15, 0.2) is 23.4 Å². The Hall–Kier alpha value is -2.66. The lowest BCUT2D eigenvalue weighted by molar-refractivity contribution is 0.0526. The van der Waals surface area contributed by atoms with Crippen molar-refractivity contribution in [2.45, 2.75) is 37.7 Å². The molecule has 33 heavy (non-hydrogen) atoms. The van der Waals surface area contributed by atoms with Crippen LogP contribution in [0.4, 0.5) is 22.0 Å². The van der Waals surface area contributed by atoms with E-state index in [-0.39, 0.29) is 12.2 Å². The summed E-state index contributed by atoms with van der Waals surface area (Å²) in [6, 6.07) is 4.76. The molecule has 0 fully saturated rings. The van der Waals surface area contributed by atoms with E-state index in [9.17, 15) is 26.7 Å². The molecule has 0 atom stereocenters. The van der Waals surface area contributed by atoms with Crippen molar-refractivity contribution in [1.82, 2.24) is 9.55 Å². The lowest BCUT2D eigenvalue weighted by Gasteiger charge is -2.11. The summed E-state index contributed by atoms with van der Waals surface area (Å²) in [5.41, 5.74) is 0.410. The van der Waals surface area contributed by atoms with Crippen LogP contribution in [0.1, 0.15) is 36.2 Å². The van der Waals surface area contributed by atoms with Gasteiger partial charge in [-0.25, -0.2) is 31.7 Å². The summed E-state index contributed by atoms with van der Waals surface area (Å²) in [6.45, 7) is 5.15. The number of nitrogens with zero attached hydrogens (tertiary/aromatic N) is 2. The molecule has 0 spiro atoms. The molecule has 0 aliphatic heterocycles. The van der Waals surface area contributed by atoms with Gasteiger partial charge in [-0.15, -0.1) is 0 Å². The van der Waals surface area contributed by atoms with Crippen LogP contribution in [0.5, 0.6) is 0 Å². The summed E-state index contributed by atoms with van der Waals surface area (Å²) in [5, 5.41) is 0.298. The molecule has 3 rings (SSSR count). The quantitative estimate of drug-likeness (QED) is 0.0925. The van der Waals surface area contributed by atoms with Gasteiger partial charge in [-0.1, -0.05) is 11.8 Å². The summed E-state index contributed by atoms with van der Waals surface area (Å²) in [5.74, 6) is -11.0. The minimum absolute atomic E-state index is 0.200. The van der Waals surface area contributed by atoms with Gasteiger partial charge in [0.15, 0.2) is 28.4 Å². The standard InChI is InChI=1S/C22H21F5N2O3S/c1-3-31-9-5-8-29-15-7-6-12(21(30)32-4-2)10-14(15)28-22(29)33-11-13-16(23)18(25)20(27)19(26)17(13)24/h6-7,10H,3-5,8-9,11H2,1-2H3. The van der Waals surface area contributed by atoms with Crippen molar-refractivity contribution in [2.24, 2.45) is 0 Å². The minimum Gasteiger partial charge on any atom is -0.462 e. The van der Waals surface area contributed by atoms with E-state index in [0.29, 0.717) is 42.4 Å². The number of hydrogen-bond acceptors (Lipinski definition) is 5. The minimum atomic E-state index is -2.20. The first-order valence-corrected chi connectivity index (χ1v) is 11.2. The van der Waals surface area contributed by atoms with Crippen LogP contribution in [0.3, 0.4) is 0 Å². The Morgan fingerprint density at radius 3 is 2.30 bits per heavy atom. The van der Waals surface area contributed by atoms with E-state index in [0.717, 1.165) is 11.8 Å². The highest BCUT2D eigenvalue weighted by atomic mass is 32.2. The maximum Gasteiger partial charge on any atom is 0.338 e. The van der Waals surface area contributed by atoms with Crippen molar-refractivity contribution in [1.29, 1.82) is 0 Å². The van der Waals surface area contributed by atoms with E-state index in [1.807, 2.05) is 6.92 Å². The zero-order valence-electron chi connectivity index (χ0n) is 17.9. The van der Waals surface area contributed by atoms with Crippen molar-refractivity contribution < 1.29 is 36.2 Å². The number of hydrogen-bond donors (Lipinski definition) is 0. The largest absolute Gasteiger partial charge is 0.462 e. The summed E-state index contributed by atoms with van der Waals surface area (Å²) >= 11 is 0.825. The second-order valence-electron chi connectivity index (χ2n) is 6.86. The van der Waals surface area contributed by atoms with Gasteiger partial charge in [-0.05, 0) is 38.5 Å². The number of carbonyl (C=O) groups excluding carboxylic acids is 1. The fourth-order valence-electron chi connectivity index (χ4n) is 3.16. The molecule has 5 nitrogen and oxygen atoms in total. The third-order valence-corrected chi connectivity index (χ3v) is 5.75. The summed E-state index contributed by atoms with van der Waals surface area (Å²) in [4.78, 5) is 16.5. The Labute approximate surface area is 190 Å². The number of rotatable bonds is 10. The zero-order valence-corrected chi connectivity index (χ0v) is 18.7. The number of carbonyl (C=O) groups is 1. The monoisotopic (exact) mass is 488 g/mol. The first-order chi connectivity index (χ1) is 15.8. The number of thioether (sulfide) groups is 1. The van der Waals surface area contributed by atoms with Crippen LogP contribution in [0.2, 0.25) is 0 Å². The first kappa shape index (κ1) is 25.0. The lowest BCUT2D eigenvalue weighted by atomic mass is 10.2. The fraction of sp³-hybridized carbons (Fsp3) is 0.364. The molecule has 1 aromatic heterocycles. The summed E-state index contributed by atoms with van der Waals surface area (Å²) in [7, 11) is 0. The first-order valence-electron chi connectivity index (χ1n) is 10.2. The highest BCUT2D eigenvalue weighted by Crippen LogP contribution is 2.31. The molecule has 11 heteroatoms. The van der Waals surface area contributed by atoms with Crippen LogP contribution >= 0.6 is 11.8 Å². The van der Waals surface area contributed by atoms with Gasteiger partial charge >= 0.3 is 5.97 Å². The SMILES string of the molecule is CCOCCCn1c(SCc2c(F)c(F)c(F)c(F)c2F)nc2cc(C(=O)OCC)ccc21. The second-order valence-corrected chi connectivity index (χ2v) is 7.80. The van der Waals surface area contributed by atoms with Gasteiger partial charge < -0.3 is 14.0 Å². The highest BCUT2D eigenvalue weighted by molar-refractivity contribution is 7.98. The van der Waals surface area contributed by atoms with Crippen LogP contribution in [0.25, 0.3) is 11.0 Å². The molecule has 178 valence electrons. The third-order valence-electron chi connectivity index (χ3n) is 4.75. The topological polar surface area (TPSA) is 53.4 Å². The molecule has 0 unspecified atom stereocenters. The molecule has 0 aliphatic carbocycles. The highest BCUT2D eigenvalue weighted by Gasteiger charge is 2.26. The molecule has 0 saturated heterocycles. The van der Waals surface area contributed by atoms with Gasteiger partial charge in [0.25, 0.3) is 0 Å². The second kappa shape index (κ2) is 11.0. The normalized spacial score (nSPS) is 11.4. The molecule has 0 radical (unpaired) electrons. The van der Waals surface area contributed by atoms with Gasteiger partial charge in [0, 0.05) is 31.1 Å². The van der Waals surface area contributed by atoms with Crippen LogP contribution in [-0.4, -0.2) is 35.3 Å². The Morgan fingerprint density at radius 2 is 1.67 bits per heavy atom. The molecule has 2 aromatic carbocycles. The van der Waals surface area contributed by atoms with Crippen molar-refractivity contribution in [3.05, 3.63) is 58.4 Å². The Morgan fingerprint density at radius 1 is 1.00 bits per heavy atom. The molecular weight excluding hydrogens is 467 g/mol. The Bertz CT molecular complexity index is 1140. The average Bonchev–Trinajstić information content (AvgIpc) is 3.16. The van der Waals surface area contributed by atoms with E-state index in [1.165, 1.54) is 6.07 Å². The lowest BCUT2D eigenvalue weighted by Crippen LogP contribution is -2.07. The number of imidazole rings is 1. The number of fused-ring (bicyclic) bond motifs is 1. The number of halogens is 5. The van der Waals surface area contributed by atoms with Gasteiger partial charge in [0.05, 0.1) is 23.2 Å². The van der Waals surface area contributed by atoms with E-state index >= 15 is 0 Å². The Kier molecular flexibility index (Phi) is 8.30. The number of aromatic nitrogens is 2. The average molecular weight is 488 g/mol. The molecule has 1 heterocycles. The zero-order chi connectivity index (χ0) is 24.1. The number of esters is 1. The van der Waals surface area contributed by atoms with Gasteiger partial charge in [-0.3, -0.25) is 0 Å². The number of ether oxygens (including phenoxy) is 2. The van der Waals surface area contributed by atoms with Crippen molar-refractivity contribution >= 4 is 28.8 Å². The predicted octanol–water partition coefficient (Wildman–Crippen LogP) is 5.63. The van der Waals surface area contributed by atoms with Gasteiger partial charge in [0.2, 0.25) is 5.82 Å². The van der Waals surface area contributed by atoms with Gasteiger partial charge in [-0.2, -0.15) is 0 Å². The maximum absolute atomic E-state index is 14.1. The number of benzene rings is 2. The van der Waals surface area contributed by atoms with Crippen LogP contribution in [0, 0.1) is 29.1 Å². The molecule has 0 N–H and O–H groups in total. The molecule has 0 aliphatic rings. The summed E-state index contributed by atoms with van der Waals surface area (Å²) in [6.07, 6.45) is 0.592. The number of aryl methyl sites for hydroxylation is 1. The van der Waals surface area contributed by atoms with E-state index in [2.05, 4.69) is 4.98 Å². The smallest absolute Gasteiger partial charge is 0.338 e. The van der Waals surface area contributed by atoms with Crippen molar-refractivity contribution in [3.63, 3.8) is 0 Å². The predicted molar refractivity (Wildman–Crippen MR) is 113 cm³/mol. The van der Waals surface area contributed by atoms with Crippen LogP contribution in [-0.2, 0) is 21.8 Å². The van der Waals surface area contributed by atoms with Crippen molar-refractivity contribution in [3.8, 4) is 0 Å². The molecule has 0 saturated carbocycles. The van der Waals surface area contributed by atoms with E-state index < -0.39 is 46.4 Å². The Balaban J connectivity index is 1.95.